The average Bonchev–Trinajstić information content (AvgIpc) is 2.83. The van der Waals surface area contributed by atoms with Crippen molar-refractivity contribution in [3.63, 3.8) is 0 Å². The van der Waals surface area contributed by atoms with Crippen molar-refractivity contribution in [2.24, 2.45) is 11.7 Å². The molecule has 114 valence electrons. The standard InChI is InChI=1S/C15H20FN3OS/c1-10(2)6-12(17)8-15-18-14(19-20-15)9-21-13-5-3-4-11(16)7-13/h3-5,7,10,12H,6,8-9,17H2,1-2H3. The minimum absolute atomic E-state index is 0.0363. The molecule has 21 heavy (non-hydrogen) atoms. The summed E-state index contributed by atoms with van der Waals surface area (Å²) in [6.07, 6.45) is 1.52. The van der Waals surface area contributed by atoms with Gasteiger partial charge in [0.05, 0.1) is 5.75 Å². The Labute approximate surface area is 128 Å². The number of hydrogen-bond donors (Lipinski definition) is 1. The van der Waals surface area contributed by atoms with Gasteiger partial charge in [0.2, 0.25) is 5.89 Å². The molecule has 0 bridgehead atoms. The number of benzene rings is 1. The van der Waals surface area contributed by atoms with E-state index in [-0.39, 0.29) is 11.9 Å². The Bertz CT molecular complexity index is 574. The zero-order valence-corrected chi connectivity index (χ0v) is 13.1. The van der Waals surface area contributed by atoms with Gasteiger partial charge in [-0.25, -0.2) is 4.39 Å². The van der Waals surface area contributed by atoms with Gasteiger partial charge in [-0.15, -0.1) is 11.8 Å². The fourth-order valence-corrected chi connectivity index (χ4v) is 2.83. The lowest BCUT2D eigenvalue weighted by atomic mass is 10.0. The summed E-state index contributed by atoms with van der Waals surface area (Å²) in [6.45, 7) is 4.27. The topological polar surface area (TPSA) is 64.9 Å². The molecular formula is C15H20FN3OS. The van der Waals surface area contributed by atoms with E-state index >= 15 is 0 Å². The van der Waals surface area contributed by atoms with Gasteiger partial charge in [0, 0.05) is 17.4 Å². The molecule has 0 saturated carbocycles. The van der Waals surface area contributed by atoms with Gasteiger partial charge in [-0.3, -0.25) is 0 Å². The molecule has 1 aromatic carbocycles. The van der Waals surface area contributed by atoms with Crippen LogP contribution < -0.4 is 5.73 Å². The van der Waals surface area contributed by atoms with Crippen molar-refractivity contribution in [2.45, 2.75) is 43.4 Å². The van der Waals surface area contributed by atoms with Crippen LogP contribution in [0, 0.1) is 11.7 Å². The first-order chi connectivity index (χ1) is 10.0. The number of rotatable bonds is 7. The number of aromatic nitrogens is 2. The third-order valence-electron chi connectivity index (χ3n) is 2.89. The Morgan fingerprint density at radius 1 is 1.38 bits per heavy atom. The molecule has 0 spiro atoms. The van der Waals surface area contributed by atoms with Crippen LogP contribution in [-0.2, 0) is 12.2 Å². The molecule has 1 atom stereocenters. The molecule has 2 N–H and O–H groups in total. The van der Waals surface area contributed by atoms with Crippen LogP contribution in [0.15, 0.2) is 33.7 Å². The normalized spacial score (nSPS) is 12.8. The number of nitrogens with two attached hydrogens (primary N) is 1. The summed E-state index contributed by atoms with van der Waals surface area (Å²) in [6, 6.07) is 6.49. The van der Waals surface area contributed by atoms with Crippen LogP contribution in [0.4, 0.5) is 4.39 Å². The van der Waals surface area contributed by atoms with E-state index in [2.05, 4.69) is 24.0 Å². The molecular weight excluding hydrogens is 289 g/mol. The lowest BCUT2D eigenvalue weighted by Crippen LogP contribution is -2.24. The first-order valence-corrected chi connectivity index (χ1v) is 7.97. The van der Waals surface area contributed by atoms with Crippen LogP contribution in [0.25, 0.3) is 0 Å². The minimum Gasteiger partial charge on any atom is -0.339 e. The fraction of sp³-hybridized carbons (Fsp3) is 0.467. The summed E-state index contributed by atoms with van der Waals surface area (Å²) >= 11 is 1.47. The molecule has 0 aliphatic rings. The van der Waals surface area contributed by atoms with Gasteiger partial charge in [0.1, 0.15) is 5.82 Å². The second-order valence-electron chi connectivity index (χ2n) is 5.44. The molecule has 6 heteroatoms. The molecule has 1 unspecified atom stereocenters. The van der Waals surface area contributed by atoms with Crippen molar-refractivity contribution in [1.29, 1.82) is 0 Å². The molecule has 1 heterocycles. The van der Waals surface area contributed by atoms with Gasteiger partial charge in [-0.2, -0.15) is 4.98 Å². The summed E-state index contributed by atoms with van der Waals surface area (Å²) in [5.41, 5.74) is 6.02. The van der Waals surface area contributed by atoms with Crippen LogP contribution in [0.5, 0.6) is 0 Å². The largest absolute Gasteiger partial charge is 0.339 e. The molecule has 0 aliphatic carbocycles. The van der Waals surface area contributed by atoms with Crippen LogP contribution in [-0.4, -0.2) is 16.2 Å². The zero-order valence-electron chi connectivity index (χ0n) is 12.3. The van der Waals surface area contributed by atoms with E-state index in [0.29, 0.717) is 29.8 Å². The Kier molecular flexibility index (Phi) is 5.76. The maximum Gasteiger partial charge on any atom is 0.228 e. The predicted octanol–water partition coefficient (Wildman–Crippen LogP) is 3.42. The zero-order chi connectivity index (χ0) is 15.2. The third-order valence-corrected chi connectivity index (χ3v) is 3.87. The average molecular weight is 309 g/mol. The number of nitrogens with zero attached hydrogens (tertiary/aromatic N) is 2. The highest BCUT2D eigenvalue weighted by molar-refractivity contribution is 7.98. The van der Waals surface area contributed by atoms with Gasteiger partial charge in [0.25, 0.3) is 0 Å². The molecule has 4 nitrogen and oxygen atoms in total. The maximum absolute atomic E-state index is 13.1. The quantitative estimate of drug-likeness (QED) is 0.794. The van der Waals surface area contributed by atoms with Crippen molar-refractivity contribution in [1.82, 2.24) is 10.1 Å². The summed E-state index contributed by atoms with van der Waals surface area (Å²) in [4.78, 5) is 5.17. The maximum atomic E-state index is 13.1. The highest BCUT2D eigenvalue weighted by Crippen LogP contribution is 2.22. The lowest BCUT2D eigenvalue weighted by Gasteiger charge is -2.10. The van der Waals surface area contributed by atoms with Gasteiger partial charge < -0.3 is 10.3 Å². The molecule has 1 aromatic heterocycles. The lowest BCUT2D eigenvalue weighted by molar-refractivity contribution is 0.356. The summed E-state index contributed by atoms with van der Waals surface area (Å²) in [5, 5.41) is 3.93. The van der Waals surface area contributed by atoms with Crippen molar-refractivity contribution >= 4 is 11.8 Å². The molecule has 0 aliphatic heterocycles. The van der Waals surface area contributed by atoms with E-state index in [9.17, 15) is 4.39 Å². The monoisotopic (exact) mass is 309 g/mol. The van der Waals surface area contributed by atoms with Gasteiger partial charge in [-0.05, 0) is 30.5 Å². The first-order valence-electron chi connectivity index (χ1n) is 6.98. The van der Waals surface area contributed by atoms with Gasteiger partial charge in [-0.1, -0.05) is 25.1 Å². The third kappa shape index (κ3) is 5.47. The summed E-state index contributed by atoms with van der Waals surface area (Å²) in [5.74, 6) is 2.03. The summed E-state index contributed by atoms with van der Waals surface area (Å²) < 4.78 is 18.3. The molecule has 0 saturated heterocycles. The highest BCUT2D eigenvalue weighted by Gasteiger charge is 2.12. The van der Waals surface area contributed by atoms with Crippen molar-refractivity contribution in [3.05, 3.63) is 41.8 Å². The van der Waals surface area contributed by atoms with Gasteiger partial charge in [0.15, 0.2) is 5.82 Å². The Hall–Kier alpha value is -1.40. The number of halogens is 1. The van der Waals surface area contributed by atoms with Crippen LogP contribution in [0.3, 0.4) is 0 Å². The molecule has 2 aromatic rings. The second-order valence-corrected chi connectivity index (χ2v) is 6.49. The van der Waals surface area contributed by atoms with Crippen molar-refractivity contribution in [2.75, 3.05) is 0 Å². The van der Waals surface area contributed by atoms with Crippen molar-refractivity contribution in [3.8, 4) is 0 Å². The molecule has 0 radical (unpaired) electrons. The van der Waals surface area contributed by atoms with E-state index in [1.807, 2.05) is 6.07 Å². The Morgan fingerprint density at radius 2 is 2.19 bits per heavy atom. The number of hydrogen-bond acceptors (Lipinski definition) is 5. The highest BCUT2D eigenvalue weighted by atomic mass is 32.2. The molecule has 2 rings (SSSR count). The van der Waals surface area contributed by atoms with E-state index in [1.54, 1.807) is 6.07 Å². The van der Waals surface area contributed by atoms with Gasteiger partial charge >= 0.3 is 0 Å². The van der Waals surface area contributed by atoms with Crippen molar-refractivity contribution < 1.29 is 8.91 Å². The van der Waals surface area contributed by atoms with Crippen LogP contribution >= 0.6 is 11.8 Å². The SMILES string of the molecule is CC(C)CC(N)Cc1nc(CSc2cccc(F)c2)no1. The Balaban J connectivity index is 1.85. The first kappa shape index (κ1) is 16.0. The van der Waals surface area contributed by atoms with Crippen LogP contribution in [0.2, 0.25) is 0 Å². The van der Waals surface area contributed by atoms with E-state index in [1.165, 1.54) is 23.9 Å². The fourth-order valence-electron chi connectivity index (χ4n) is 2.05. The number of thioether (sulfide) groups is 1. The van der Waals surface area contributed by atoms with E-state index in [4.69, 9.17) is 10.3 Å². The molecule has 0 amide bonds. The smallest absolute Gasteiger partial charge is 0.228 e. The Morgan fingerprint density at radius 3 is 2.90 bits per heavy atom. The van der Waals surface area contributed by atoms with E-state index < -0.39 is 0 Å². The summed E-state index contributed by atoms with van der Waals surface area (Å²) in [7, 11) is 0. The predicted molar refractivity (Wildman–Crippen MR) is 81.4 cm³/mol. The van der Waals surface area contributed by atoms with E-state index in [0.717, 1.165) is 11.3 Å². The second kappa shape index (κ2) is 7.56. The minimum atomic E-state index is -0.242. The van der Waals surface area contributed by atoms with Crippen LogP contribution in [0.1, 0.15) is 32.0 Å². The molecule has 0 fully saturated rings.